The molecule has 0 amide bonds. The fraction of sp³-hybridized carbons (Fsp3) is 0.818. The molecule has 0 aromatic carbocycles. The molecule has 0 unspecified atom stereocenters. The minimum absolute atomic E-state index is 0.418. The first kappa shape index (κ1) is 12.8. The Balaban J connectivity index is 2.82. The van der Waals surface area contributed by atoms with E-state index in [0.717, 1.165) is 12.8 Å². The fourth-order valence-corrected chi connectivity index (χ4v) is 1.79. The molecule has 0 aromatic rings. The van der Waals surface area contributed by atoms with E-state index in [1.54, 1.807) is 20.8 Å². The Hall–Kier alpha value is -1.26. The third-order valence-electron chi connectivity index (χ3n) is 2.53. The molecule has 1 N–H and O–H groups in total. The summed E-state index contributed by atoms with van der Waals surface area (Å²) in [5.74, 6) is -1.03. The molecule has 1 saturated carbocycles. The molecule has 0 bridgehead atoms. The molecule has 1 aliphatic carbocycles. The molecule has 1 rings (SSSR count). The Labute approximate surface area is 95.1 Å². The summed E-state index contributed by atoms with van der Waals surface area (Å²) < 4.78 is 5.01. The molecule has 92 valence electrons. The molecule has 0 saturated heterocycles. The monoisotopic (exact) mass is 228 g/mol. The van der Waals surface area contributed by atoms with Crippen molar-refractivity contribution in [3.63, 3.8) is 0 Å². The van der Waals surface area contributed by atoms with Crippen LogP contribution in [0.2, 0.25) is 0 Å². The van der Waals surface area contributed by atoms with Crippen LogP contribution in [0.3, 0.4) is 0 Å². The molecule has 5 nitrogen and oxygen atoms in total. The van der Waals surface area contributed by atoms with Crippen molar-refractivity contribution in [2.45, 2.75) is 57.6 Å². The van der Waals surface area contributed by atoms with Gasteiger partial charge in [-0.2, -0.15) is 0 Å². The number of aliphatic imine (C=N–C) groups is 1. The van der Waals surface area contributed by atoms with E-state index in [2.05, 4.69) is 4.99 Å². The van der Waals surface area contributed by atoms with E-state index >= 15 is 0 Å². The van der Waals surface area contributed by atoms with E-state index in [4.69, 9.17) is 9.84 Å². The van der Waals surface area contributed by atoms with Crippen LogP contribution in [0, 0.1) is 0 Å². The first-order valence-corrected chi connectivity index (χ1v) is 5.44. The number of carbonyl (C=O) groups is 1. The molecule has 1 aliphatic rings. The second-order valence-corrected chi connectivity index (χ2v) is 5.14. The molecule has 5 heteroatoms. The van der Waals surface area contributed by atoms with Gasteiger partial charge in [0.05, 0.1) is 0 Å². The van der Waals surface area contributed by atoms with Crippen LogP contribution in [0.25, 0.3) is 0 Å². The van der Waals surface area contributed by atoms with Crippen molar-refractivity contribution in [3.05, 3.63) is 0 Å². The molecule has 0 aromatic heterocycles. The van der Waals surface area contributed by atoms with Gasteiger partial charge in [0.2, 0.25) is 0 Å². The van der Waals surface area contributed by atoms with Gasteiger partial charge in [-0.1, -0.05) is 33.6 Å². The van der Waals surface area contributed by atoms with Crippen LogP contribution in [0.1, 0.15) is 46.5 Å². The third-order valence-corrected chi connectivity index (χ3v) is 2.53. The summed E-state index contributed by atoms with van der Waals surface area (Å²) in [6.45, 7) is 5.17. The maximum atomic E-state index is 11.5. The van der Waals surface area contributed by atoms with Crippen LogP contribution in [-0.4, -0.2) is 28.3 Å². The lowest BCUT2D eigenvalue weighted by Gasteiger charge is -2.31. The van der Waals surface area contributed by atoms with Crippen molar-refractivity contribution >= 4 is 12.1 Å². The average molecular weight is 228 g/mol. The Morgan fingerprint density at radius 2 is 1.88 bits per heavy atom. The third kappa shape index (κ3) is 3.12. The van der Waals surface area contributed by atoms with Gasteiger partial charge in [0.25, 0.3) is 0 Å². The van der Waals surface area contributed by atoms with Gasteiger partial charge in [0, 0.05) is 5.60 Å². The summed E-state index contributed by atoms with van der Waals surface area (Å²) in [5.41, 5.74) is -1.89. The highest BCUT2D eigenvalue weighted by atomic mass is 16.6. The number of aliphatic carboxylic acids is 1. The van der Waals surface area contributed by atoms with Gasteiger partial charge in [0.15, 0.2) is 5.54 Å². The molecular weight excluding hydrogens is 210 g/mol. The van der Waals surface area contributed by atoms with Crippen LogP contribution in [-0.2, 0) is 9.53 Å². The zero-order valence-electron chi connectivity index (χ0n) is 9.95. The minimum atomic E-state index is -1.25. The molecule has 16 heavy (non-hydrogen) atoms. The molecule has 1 fully saturated rings. The molecule has 0 heterocycles. The molecule has 0 radical (unpaired) electrons. The van der Waals surface area contributed by atoms with Crippen LogP contribution < -0.4 is 5.11 Å². The minimum Gasteiger partial charge on any atom is -0.595 e. The Bertz CT molecular complexity index is 298. The van der Waals surface area contributed by atoms with Crippen LogP contribution in [0.4, 0.5) is 0 Å². The van der Waals surface area contributed by atoms with Crippen molar-refractivity contribution in [1.29, 1.82) is 0 Å². The van der Waals surface area contributed by atoms with Crippen LogP contribution >= 0.6 is 0 Å². The predicted octanol–water partition coefficient (Wildman–Crippen LogP) is 0.915. The summed E-state index contributed by atoms with van der Waals surface area (Å²) in [4.78, 5) is 14.9. The summed E-state index contributed by atoms with van der Waals surface area (Å²) in [5, 5.41) is 20.6. The summed E-state index contributed by atoms with van der Waals surface area (Å²) >= 11 is 0. The summed E-state index contributed by atoms with van der Waals surface area (Å²) in [7, 11) is 0. The molecule has 0 atom stereocenters. The summed E-state index contributed by atoms with van der Waals surface area (Å²) in [6.07, 6.45) is 1.64. The largest absolute Gasteiger partial charge is 0.595 e. The van der Waals surface area contributed by atoms with Crippen molar-refractivity contribution in [3.8, 4) is 0 Å². The zero-order valence-corrected chi connectivity index (χ0v) is 9.95. The number of carboxylic acids is 1. The number of carboxylic acid groups (broad SMARTS) is 1. The highest BCUT2D eigenvalue weighted by Crippen LogP contribution is 2.33. The molecular formula is C11H18NO4-. The van der Waals surface area contributed by atoms with E-state index in [1.807, 2.05) is 0 Å². The standard InChI is InChI=1S/C11H19NO4/c1-10(2,3)16-9(15)12-11(8(13)14)6-4-5-7-11/h4-7H2,1-3H3,(H,12,15)(H,13,14)/p-1. The molecule has 0 aliphatic heterocycles. The SMILES string of the molecule is CC(C)(C)OC([O-])=NC1(C(=O)O)CCCC1. The summed E-state index contributed by atoms with van der Waals surface area (Å²) in [6, 6.07) is 0. The fourth-order valence-electron chi connectivity index (χ4n) is 1.79. The Kier molecular flexibility index (Phi) is 3.45. The maximum Gasteiger partial charge on any atom is 0.331 e. The van der Waals surface area contributed by atoms with Gasteiger partial charge in [-0.15, -0.1) is 0 Å². The smallest absolute Gasteiger partial charge is 0.331 e. The number of hydrogen-bond acceptors (Lipinski definition) is 4. The first-order chi connectivity index (χ1) is 7.25. The van der Waals surface area contributed by atoms with Gasteiger partial charge in [-0.3, -0.25) is 4.99 Å². The first-order valence-electron chi connectivity index (χ1n) is 5.44. The van der Waals surface area contributed by atoms with Crippen LogP contribution in [0.15, 0.2) is 4.99 Å². The lowest BCUT2D eigenvalue weighted by molar-refractivity contribution is -0.261. The van der Waals surface area contributed by atoms with E-state index in [1.165, 1.54) is 0 Å². The van der Waals surface area contributed by atoms with Gasteiger partial charge in [-0.05, 0) is 12.8 Å². The van der Waals surface area contributed by atoms with Crippen molar-refractivity contribution in [1.82, 2.24) is 0 Å². The zero-order chi connectivity index (χ0) is 12.4. The van der Waals surface area contributed by atoms with Crippen molar-refractivity contribution in [2.75, 3.05) is 0 Å². The van der Waals surface area contributed by atoms with E-state index in [0.29, 0.717) is 12.8 Å². The van der Waals surface area contributed by atoms with Crippen molar-refractivity contribution < 1.29 is 19.7 Å². The van der Waals surface area contributed by atoms with Gasteiger partial charge in [-0.25, -0.2) is 4.79 Å². The van der Waals surface area contributed by atoms with Crippen molar-refractivity contribution in [2.24, 2.45) is 4.99 Å². The van der Waals surface area contributed by atoms with Gasteiger partial charge >= 0.3 is 5.97 Å². The number of rotatable bonds is 2. The van der Waals surface area contributed by atoms with E-state index < -0.39 is 23.2 Å². The lowest BCUT2D eigenvalue weighted by atomic mass is 9.99. The van der Waals surface area contributed by atoms with E-state index in [9.17, 15) is 9.90 Å². The maximum absolute atomic E-state index is 11.5. The normalized spacial score (nSPS) is 20.8. The van der Waals surface area contributed by atoms with Gasteiger partial charge < -0.3 is 14.9 Å². The quantitative estimate of drug-likeness (QED) is 0.562. The average Bonchev–Trinajstić information content (AvgIpc) is 2.49. The second-order valence-electron chi connectivity index (χ2n) is 5.14. The number of nitrogens with zero attached hydrogens (tertiary/aromatic N) is 1. The lowest BCUT2D eigenvalue weighted by Crippen LogP contribution is -2.40. The van der Waals surface area contributed by atoms with Gasteiger partial charge in [0.1, 0.15) is 6.08 Å². The van der Waals surface area contributed by atoms with Crippen LogP contribution in [0.5, 0.6) is 0 Å². The predicted molar refractivity (Wildman–Crippen MR) is 57.1 cm³/mol. The number of hydrogen-bond donors (Lipinski definition) is 1. The highest BCUT2D eigenvalue weighted by Gasteiger charge is 2.41. The Morgan fingerprint density at radius 3 is 2.25 bits per heavy atom. The Morgan fingerprint density at radius 1 is 1.38 bits per heavy atom. The highest BCUT2D eigenvalue weighted by molar-refractivity contribution is 5.82. The number of ether oxygens (including phenoxy) is 1. The molecule has 0 spiro atoms. The second kappa shape index (κ2) is 4.31. The topological polar surface area (TPSA) is 82.0 Å². The van der Waals surface area contributed by atoms with E-state index in [-0.39, 0.29) is 0 Å².